The zero-order valence-corrected chi connectivity index (χ0v) is 8.01. The number of hydrogen-bond acceptors (Lipinski definition) is 4. The lowest BCUT2D eigenvalue weighted by Crippen LogP contribution is -2.37. The normalized spacial score (nSPS) is 13.5. The van der Waals surface area contributed by atoms with Gasteiger partial charge in [-0.25, -0.2) is 0 Å². The summed E-state index contributed by atoms with van der Waals surface area (Å²) in [7, 11) is 2.72. The molecule has 0 aliphatic carbocycles. The van der Waals surface area contributed by atoms with Gasteiger partial charge in [-0.2, -0.15) is 12.6 Å². The van der Waals surface area contributed by atoms with Gasteiger partial charge in [0.2, 0.25) is 6.73 Å². The van der Waals surface area contributed by atoms with E-state index in [9.17, 15) is 8.42 Å². The van der Waals surface area contributed by atoms with Crippen LogP contribution in [0.15, 0.2) is 0 Å². The molecule has 0 rings (SSSR count). The molecule has 68 valence electrons. The molecule has 0 radical (unpaired) electrons. The Morgan fingerprint density at radius 1 is 1.27 bits per heavy atom. The molecule has 5 nitrogen and oxygen atoms in total. The summed E-state index contributed by atoms with van der Waals surface area (Å²) in [5, 5.41) is 0. The molecule has 0 atom stereocenters. The van der Waals surface area contributed by atoms with Crippen LogP contribution in [-0.2, 0) is 18.8 Å². The Kier molecular flexibility index (Phi) is 3.43. The average molecular weight is 184 g/mol. The van der Waals surface area contributed by atoms with E-state index in [2.05, 4.69) is 8.37 Å². The molecule has 0 unspecified atom stereocenters. The Morgan fingerprint density at radius 3 is 2.00 bits per heavy atom. The van der Waals surface area contributed by atoms with Crippen molar-refractivity contribution in [3.05, 3.63) is 0 Å². The molecule has 0 bridgehead atoms. The van der Waals surface area contributed by atoms with Crippen molar-refractivity contribution in [2.75, 3.05) is 35.0 Å². The highest BCUT2D eigenvalue weighted by molar-refractivity contribution is 7.81. The third-order valence-electron chi connectivity index (χ3n) is 0.788. The summed E-state index contributed by atoms with van der Waals surface area (Å²) in [6, 6.07) is 0. The lowest BCUT2D eigenvalue weighted by atomic mass is 10.7. The highest BCUT2D eigenvalue weighted by Gasteiger charge is 2.15. The molecule has 0 aliphatic heterocycles. The summed E-state index contributed by atoms with van der Waals surface area (Å²) in [5.41, 5.74) is 0. The molecule has 11 heavy (non-hydrogen) atoms. The first kappa shape index (κ1) is 10.8. The van der Waals surface area contributed by atoms with Gasteiger partial charge in [0, 0.05) is 0 Å². The van der Waals surface area contributed by atoms with Crippen LogP contribution in [0.4, 0.5) is 0 Å². The average Bonchev–Trinajstić information content (AvgIpc) is 1.83. The molecular formula is C5H14NO4S+. The van der Waals surface area contributed by atoms with Crippen molar-refractivity contribution in [3.63, 3.8) is 0 Å². The highest BCUT2D eigenvalue weighted by atomic mass is 32.3. The Bertz CT molecular complexity index is 203. The van der Waals surface area contributed by atoms with Crippen molar-refractivity contribution in [3.8, 4) is 0 Å². The fourth-order valence-corrected chi connectivity index (χ4v) is 0.812. The summed E-state index contributed by atoms with van der Waals surface area (Å²) >= 11 is 0. The summed E-state index contributed by atoms with van der Waals surface area (Å²) < 4.78 is 30.1. The van der Waals surface area contributed by atoms with Crippen LogP contribution in [0, 0.1) is 0 Å². The molecule has 0 saturated heterocycles. The molecule has 0 spiro atoms. The number of rotatable bonds is 4. The van der Waals surface area contributed by atoms with E-state index in [1.54, 1.807) is 0 Å². The second kappa shape index (κ2) is 3.48. The summed E-state index contributed by atoms with van der Waals surface area (Å²) in [4.78, 5) is 0. The maximum absolute atomic E-state index is 10.6. The molecule has 0 fully saturated rings. The van der Waals surface area contributed by atoms with E-state index in [-0.39, 0.29) is 6.73 Å². The van der Waals surface area contributed by atoms with Gasteiger partial charge in [0.05, 0.1) is 28.3 Å². The van der Waals surface area contributed by atoms with E-state index in [0.29, 0.717) is 4.48 Å². The van der Waals surface area contributed by atoms with Gasteiger partial charge in [-0.3, -0.25) is 4.18 Å². The SMILES string of the molecule is COS(=O)(=O)OC[N+](C)(C)C. The maximum Gasteiger partial charge on any atom is 0.404 e. The van der Waals surface area contributed by atoms with Crippen LogP contribution in [-0.4, -0.2) is 47.9 Å². The smallest absolute Gasteiger partial charge is 0.307 e. The number of nitrogens with zero attached hydrogens (tertiary/aromatic N) is 1. The van der Waals surface area contributed by atoms with Gasteiger partial charge in [-0.15, -0.1) is 0 Å². The Hall–Kier alpha value is -0.170. The Balaban J connectivity index is 3.91. The van der Waals surface area contributed by atoms with Crippen LogP contribution >= 0.6 is 0 Å². The molecule has 0 aromatic carbocycles. The molecule has 0 aliphatic rings. The first-order valence-electron chi connectivity index (χ1n) is 3.02. The monoisotopic (exact) mass is 184 g/mol. The molecule has 0 N–H and O–H groups in total. The van der Waals surface area contributed by atoms with Crippen LogP contribution < -0.4 is 0 Å². The lowest BCUT2D eigenvalue weighted by Gasteiger charge is -2.22. The maximum atomic E-state index is 10.6. The van der Waals surface area contributed by atoms with Crippen molar-refractivity contribution in [2.24, 2.45) is 0 Å². The van der Waals surface area contributed by atoms with Crippen LogP contribution in [0.1, 0.15) is 0 Å². The van der Waals surface area contributed by atoms with E-state index < -0.39 is 10.4 Å². The van der Waals surface area contributed by atoms with E-state index in [0.717, 1.165) is 7.11 Å². The molecular weight excluding hydrogens is 170 g/mol. The van der Waals surface area contributed by atoms with E-state index >= 15 is 0 Å². The summed E-state index contributed by atoms with van der Waals surface area (Å²) in [6.07, 6.45) is 0. The number of hydrogen-bond donors (Lipinski definition) is 0. The third-order valence-corrected chi connectivity index (χ3v) is 1.59. The van der Waals surface area contributed by atoms with E-state index in [4.69, 9.17) is 0 Å². The van der Waals surface area contributed by atoms with Gasteiger partial charge >= 0.3 is 10.4 Å². The molecule has 0 saturated carbocycles. The topological polar surface area (TPSA) is 52.6 Å². The van der Waals surface area contributed by atoms with Crippen molar-refractivity contribution < 1.29 is 21.3 Å². The Labute approximate surface area is 67.4 Å². The zero-order valence-electron chi connectivity index (χ0n) is 7.20. The highest BCUT2D eigenvalue weighted by Crippen LogP contribution is 1.97. The van der Waals surface area contributed by atoms with Gasteiger partial charge in [0.25, 0.3) is 0 Å². The van der Waals surface area contributed by atoms with Crippen molar-refractivity contribution in [2.45, 2.75) is 0 Å². The molecule has 6 heteroatoms. The van der Waals surface area contributed by atoms with Gasteiger partial charge in [-0.1, -0.05) is 0 Å². The zero-order chi connectivity index (χ0) is 9.12. The second-order valence-corrected chi connectivity index (χ2v) is 4.50. The number of quaternary nitrogens is 1. The lowest BCUT2D eigenvalue weighted by molar-refractivity contribution is -0.886. The van der Waals surface area contributed by atoms with Gasteiger partial charge < -0.3 is 4.48 Å². The first-order chi connectivity index (χ1) is 4.77. The van der Waals surface area contributed by atoms with Crippen molar-refractivity contribution in [1.82, 2.24) is 0 Å². The van der Waals surface area contributed by atoms with Gasteiger partial charge in [0.1, 0.15) is 0 Å². The molecule has 0 amide bonds. The molecule has 0 aromatic heterocycles. The summed E-state index contributed by atoms with van der Waals surface area (Å²) in [6.45, 7) is 0.0656. The second-order valence-electron chi connectivity index (χ2n) is 3.11. The third kappa shape index (κ3) is 6.24. The minimum Gasteiger partial charge on any atom is -0.307 e. The minimum atomic E-state index is -3.77. The van der Waals surface area contributed by atoms with Crippen LogP contribution in [0.2, 0.25) is 0 Å². The van der Waals surface area contributed by atoms with Crippen molar-refractivity contribution >= 4 is 10.4 Å². The van der Waals surface area contributed by atoms with Crippen LogP contribution in [0.25, 0.3) is 0 Å². The minimum absolute atomic E-state index is 0.0656. The predicted molar refractivity (Wildman–Crippen MR) is 39.9 cm³/mol. The molecule has 0 heterocycles. The predicted octanol–water partition coefficient (Wildman–Crippen LogP) is -0.442. The largest absolute Gasteiger partial charge is 0.404 e. The standard InChI is InChI=1S/C5H14NO4S/c1-6(2,3)5-10-11(7,8)9-4/h5H2,1-4H3/q+1. The van der Waals surface area contributed by atoms with E-state index in [1.807, 2.05) is 21.1 Å². The van der Waals surface area contributed by atoms with Gasteiger partial charge in [0.15, 0.2) is 0 Å². The fraction of sp³-hybridized carbons (Fsp3) is 1.00. The van der Waals surface area contributed by atoms with Crippen LogP contribution in [0.5, 0.6) is 0 Å². The Morgan fingerprint density at radius 2 is 1.73 bits per heavy atom. The van der Waals surface area contributed by atoms with E-state index in [1.165, 1.54) is 0 Å². The van der Waals surface area contributed by atoms with Crippen LogP contribution in [0.3, 0.4) is 0 Å². The quantitative estimate of drug-likeness (QED) is 0.439. The van der Waals surface area contributed by atoms with Gasteiger partial charge in [-0.05, 0) is 0 Å². The molecule has 0 aromatic rings. The first-order valence-corrected chi connectivity index (χ1v) is 4.35. The summed E-state index contributed by atoms with van der Waals surface area (Å²) in [5.74, 6) is 0. The van der Waals surface area contributed by atoms with Crippen molar-refractivity contribution in [1.29, 1.82) is 0 Å². The fourth-order valence-electron chi connectivity index (χ4n) is 0.271.